The number of hydrogen-bond acceptors (Lipinski definition) is 4. The molecule has 3 aromatic rings. The number of amides is 1. The van der Waals surface area contributed by atoms with Crippen LogP contribution >= 0.6 is 15.9 Å². The van der Waals surface area contributed by atoms with Crippen molar-refractivity contribution in [2.45, 2.75) is 26.9 Å². The van der Waals surface area contributed by atoms with Crippen molar-refractivity contribution in [2.75, 3.05) is 33.3 Å². The minimum absolute atomic E-state index is 0.0995. The van der Waals surface area contributed by atoms with Gasteiger partial charge in [0.25, 0.3) is 5.91 Å². The molecule has 1 amide bonds. The van der Waals surface area contributed by atoms with Crippen LogP contribution in [0.1, 0.15) is 32.9 Å². The molecule has 0 atom stereocenters. The summed E-state index contributed by atoms with van der Waals surface area (Å²) in [6.45, 7) is 8.74. The zero-order chi connectivity index (χ0) is 22.7. The first-order valence-corrected chi connectivity index (χ1v) is 11.7. The van der Waals surface area contributed by atoms with E-state index < -0.39 is 0 Å². The Morgan fingerprint density at radius 1 is 1.00 bits per heavy atom. The number of halogens is 1. The first-order valence-electron chi connectivity index (χ1n) is 10.9. The zero-order valence-corrected chi connectivity index (χ0v) is 20.4. The Bertz CT molecular complexity index is 1100. The van der Waals surface area contributed by atoms with Gasteiger partial charge in [-0.1, -0.05) is 24.3 Å². The number of nitrogens with zero attached hydrogens (tertiary/aromatic N) is 4. The summed E-state index contributed by atoms with van der Waals surface area (Å²) in [6.07, 6.45) is 0. The Kier molecular flexibility index (Phi) is 6.96. The van der Waals surface area contributed by atoms with Crippen molar-refractivity contribution in [3.05, 3.63) is 81.1 Å². The lowest BCUT2D eigenvalue weighted by atomic mass is 10.1. The maximum absolute atomic E-state index is 13.1. The predicted octanol–water partition coefficient (Wildman–Crippen LogP) is 4.28. The molecule has 0 unspecified atom stereocenters. The van der Waals surface area contributed by atoms with Crippen LogP contribution in [-0.2, 0) is 13.1 Å². The van der Waals surface area contributed by atoms with Crippen LogP contribution in [0.2, 0.25) is 0 Å². The largest absolute Gasteiger partial charge is 0.497 e. The van der Waals surface area contributed by atoms with E-state index in [1.165, 1.54) is 5.56 Å². The average Bonchev–Trinajstić information content (AvgIpc) is 3.06. The molecule has 0 spiro atoms. The monoisotopic (exact) mass is 496 g/mol. The second-order valence-corrected chi connectivity index (χ2v) is 9.06. The van der Waals surface area contributed by atoms with Crippen molar-refractivity contribution in [2.24, 2.45) is 0 Å². The molecule has 6 nitrogen and oxygen atoms in total. The number of aryl methyl sites for hydroxylation is 1. The van der Waals surface area contributed by atoms with Crippen molar-refractivity contribution in [1.82, 2.24) is 19.6 Å². The van der Waals surface area contributed by atoms with Gasteiger partial charge in [-0.05, 0) is 65.2 Å². The molecule has 1 saturated heterocycles. The third-order valence-corrected chi connectivity index (χ3v) is 7.15. The van der Waals surface area contributed by atoms with Gasteiger partial charge in [0.2, 0.25) is 0 Å². The van der Waals surface area contributed by atoms with Crippen LogP contribution in [0.5, 0.6) is 5.75 Å². The van der Waals surface area contributed by atoms with Gasteiger partial charge in [-0.3, -0.25) is 14.4 Å². The molecule has 168 valence electrons. The summed E-state index contributed by atoms with van der Waals surface area (Å²) in [5.74, 6) is 0.978. The fourth-order valence-electron chi connectivity index (χ4n) is 4.13. The van der Waals surface area contributed by atoms with Gasteiger partial charge in [0.05, 0.1) is 29.5 Å². The highest BCUT2D eigenvalue weighted by molar-refractivity contribution is 9.10. The number of carbonyl (C=O) groups excluding carboxylic acids is 1. The van der Waals surface area contributed by atoms with Crippen molar-refractivity contribution in [3.63, 3.8) is 0 Å². The summed E-state index contributed by atoms with van der Waals surface area (Å²) < 4.78 is 8.33. The lowest BCUT2D eigenvalue weighted by Crippen LogP contribution is -2.48. The molecule has 32 heavy (non-hydrogen) atoms. The minimum Gasteiger partial charge on any atom is -0.497 e. The lowest BCUT2D eigenvalue weighted by Gasteiger charge is -2.35. The molecule has 0 saturated carbocycles. The number of ether oxygens (including phenoxy) is 1. The van der Waals surface area contributed by atoms with Gasteiger partial charge < -0.3 is 9.64 Å². The molecular weight excluding hydrogens is 468 g/mol. The predicted molar refractivity (Wildman–Crippen MR) is 129 cm³/mol. The van der Waals surface area contributed by atoms with E-state index in [4.69, 9.17) is 4.74 Å². The second-order valence-electron chi connectivity index (χ2n) is 8.26. The first kappa shape index (κ1) is 22.6. The molecule has 1 aliphatic heterocycles. The highest BCUT2D eigenvalue weighted by Gasteiger charge is 2.22. The number of hydrogen-bond donors (Lipinski definition) is 0. The van der Waals surface area contributed by atoms with Crippen molar-refractivity contribution in [1.29, 1.82) is 0 Å². The number of carbonyl (C=O) groups is 1. The molecular formula is C25H29BrN4O2. The maximum atomic E-state index is 13.1. The minimum atomic E-state index is 0.0995. The van der Waals surface area contributed by atoms with Crippen molar-refractivity contribution < 1.29 is 9.53 Å². The van der Waals surface area contributed by atoms with Gasteiger partial charge in [-0.2, -0.15) is 5.10 Å². The van der Waals surface area contributed by atoms with Crippen LogP contribution in [-0.4, -0.2) is 58.8 Å². The smallest absolute Gasteiger partial charge is 0.253 e. The Hall–Kier alpha value is -2.64. The van der Waals surface area contributed by atoms with Crippen LogP contribution in [0.15, 0.2) is 53.0 Å². The van der Waals surface area contributed by atoms with E-state index in [1.54, 1.807) is 7.11 Å². The molecule has 2 heterocycles. The maximum Gasteiger partial charge on any atom is 0.253 e. The van der Waals surface area contributed by atoms with Crippen LogP contribution in [0.4, 0.5) is 0 Å². The summed E-state index contributed by atoms with van der Waals surface area (Å²) in [7, 11) is 1.69. The second kappa shape index (κ2) is 9.88. The van der Waals surface area contributed by atoms with Crippen LogP contribution < -0.4 is 4.74 Å². The topological polar surface area (TPSA) is 50.6 Å². The third kappa shape index (κ3) is 5.05. The Balaban J connectivity index is 1.36. The van der Waals surface area contributed by atoms with E-state index >= 15 is 0 Å². The first-order chi connectivity index (χ1) is 15.4. The molecule has 2 aromatic carbocycles. The Labute approximate surface area is 197 Å². The van der Waals surface area contributed by atoms with Gasteiger partial charge >= 0.3 is 0 Å². The molecule has 0 aliphatic carbocycles. The third-order valence-electron chi connectivity index (χ3n) is 6.00. The SMILES string of the molecule is COc1cccc(CN2CCN(C(=O)c3cccc(Cn4nc(C)c(Br)c4C)c3)CC2)c1. The molecule has 0 radical (unpaired) electrons. The number of rotatable bonds is 6. The van der Waals surface area contributed by atoms with Crippen molar-refractivity contribution >= 4 is 21.8 Å². The van der Waals surface area contributed by atoms with Crippen LogP contribution in [0, 0.1) is 13.8 Å². The average molecular weight is 497 g/mol. The zero-order valence-electron chi connectivity index (χ0n) is 18.8. The summed E-state index contributed by atoms with van der Waals surface area (Å²) in [5, 5.41) is 4.58. The molecule has 7 heteroatoms. The number of methoxy groups -OCH3 is 1. The molecule has 1 aliphatic rings. The van der Waals surface area contributed by atoms with Gasteiger partial charge in [0.1, 0.15) is 5.75 Å². The Morgan fingerprint density at radius 3 is 2.34 bits per heavy atom. The standard InChI is InChI=1S/C25H29BrN4O2/c1-18-24(26)19(2)30(27-18)17-20-6-4-8-22(14-20)25(31)29-12-10-28(11-13-29)16-21-7-5-9-23(15-21)32-3/h4-9,14-15H,10-13,16-17H2,1-3H3. The van der Waals surface area contributed by atoms with E-state index in [2.05, 4.69) is 38.1 Å². The normalized spacial score (nSPS) is 14.6. The summed E-state index contributed by atoms with van der Waals surface area (Å²) in [4.78, 5) is 17.5. The highest BCUT2D eigenvalue weighted by atomic mass is 79.9. The highest BCUT2D eigenvalue weighted by Crippen LogP contribution is 2.21. The van der Waals surface area contributed by atoms with Gasteiger partial charge in [0.15, 0.2) is 0 Å². The molecule has 0 N–H and O–H groups in total. The van der Waals surface area contributed by atoms with Gasteiger partial charge in [-0.15, -0.1) is 0 Å². The van der Waals surface area contributed by atoms with Crippen LogP contribution in [0.3, 0.4) is 0 Å². The van der Waals surface area contributed by atoms with Crippen molar-refractivity contribution in [3.8, 4) is 5.75 Å². The molecule has 0 bridgehead atoms. The quantitative estimate of drug-likeness (QED) is 0.511. The molecule has 4 rings (SSSR count). The van der Waals surface area contributed by atoms with E-state index in [0.29, 0.717) is 6.54 Å². The Morgan fingerprint density at radius 2 is 1.69 bits per heavy atom. The fourth-order valence-corrected chi connectivity index (χ4v) is 4.41. The number of aromatic nitrogens is 2. The van der Waals surface area contributed by atoms with Gasteiger partial charge in [0, 0.05) is 38.3 Å². The molecule has 1 aromatic heterocycles. The summed E-state index contributed by atoms with van der Waals surface area (Å²) >= 11 is 3.58. The molecule has 1 fully saturated rings. The number of piperazine rings is 1. The lowest BCUT2D eigenvalue weighted by molar-refractivity contribution is 0.0628. The summed E-state index contributed by atoms with van der Waals surface area (Å²) in [6, 6.07) is 16.1. The van der Waals surface area contributed by atoms with E-state index in [0.717, 1.165) is 65.5 Å². The van der Waals surface area contributed by atoms with E-state index in [-0.39, 0.29) is 5.91 Å². The van der Waals surface area contributed by atoms with Crippen LogP contribution in [0.25, 0.3) is 0 Å². The fraction of sp³-hybridized carbons (Fsp3) is 0.360. The van der Waals surface area contributed by atoms with E-state index in [1.807, 2.05) is 59.8 Å². The van der Waals surface area contributed by atoms with E-state index in [9.17, 15) is 4.79 Å². The number of benzene rings is 2. The summed E-state index contributed by atoms with van der Waals surface area (Å²) in [5.41, 5.74) is 5.11. The van der Waals surface area contributed by atoms with Gasteiger partial charge in [-0.25, -0.2) is 0 Å².